The summed E-state index contributed by atoms with van der Waals surface area (Å²) in [5, 5.41) is -0.0861. The molecule has 2 N–H and O–H groups in total. The van der Waals surface area contributed by atoms with Gasteiger partial charge in [0, 0.05) is 12.7 Å². The van der Waals surface area contributed by atoms with Crippen molar-refractivity contribution in [3.63, 3.8) is 0 Å². The predicted octanol–water partition coefficient (Wildman–Crippen LogP) is 1.51. The van der Waals surface area contributed by atoms with Crippen molar-refractivity contribution in [2.75, 3.05) is 0 Å². The van der Waals surface area contributed by atoms with Gasteiger partial charge in [0.1, 0.15) is 5.82 Å². The topological polar surface area (TPSA) is 73.0 Å². The van der Waals surface area contributed by atoms with Crippen molar-refractivity contribution in [2.24, 2.45) is 5.73 Å². The van der Waals surface area contributed by atoms with E-state index < -0.39 is 15.7 Å². The highest BCUT2D eigenvalue weighted by molar-refractivity contribution is 7.91. The Balaban J connectivity index is 2.50. The lowest BCUT2D eigenvalue weighted by molar-refractivity contribution is 0.591. The molecule has 0 fully saturated rings. The fraction of sp³-hybridized carbons (Fsp3) is 0.0833. The van der Waals surface area contributed by atoms with Crippen molar-refractivity contribution < 1.29 is 12.8 Å². The summed E-state index contributed by atoms with van der Waals surface area (Å²) in [4.78, 5) is 3.83. The minimum Gasteiger partial charge on any atom is -0.326 e. The second-order valence-electron chi connectivity index (χ2n) is 3.66. The molecule has 0 radical (unpaired) electrons. The number of rotatable bonds is 3. The summed E-state index contributed by atoms with van der Waals surface area (Å²) in [5.74, 6) is -0.488. The molecule has 0 saturated heterocycles. The van der Waals surface area contributed by atoms with Gasteiger partial charge in [-0.05, 0) is 42.0 Å². The molecule has 0 aliphatic heterocycles. The molecule has 2 aromatic rings. The molecule has 2 rings (SSSR count). The molecule has 4 nitrogen and oxygen atoms in total. The minimum absolute atomic E-state index is 0.00516. The summed E-state index contributed by atoms with van der Waals surface area (Å²) >= 11 is 0. The first-order valence-corrected chi connectivity index (χ1v) is 6.68. The van der Waals surface area contributed by atoms with Gasteiger partial charge in [0.2, 0.25) is 9.84 Å². The second-order valence-corrected chi connectivity index (χ2v) is 5.56. The normalized spacial score (nSPS) is 11.4. The molecule has 0 aliphatic carbocycles. The van der Waals surface area contributed by atoms with Crippen LogP contribution in [0.4, 0.5) is 4.39 Å². The molecule has 0 spiro atoms. The maximum Gasteiger partial charge on any atom is 0.223 e. The number of halogens is 1. The van der Waals surface area contributed by atoms with E-state index in [1.54, 1.807) is 6.07 Å². The van der Waals surface area contributed by atoms with Crippen LogP contribution in [0.2, 0.25) is 0 Å². The molecule has 0 saturated carbocycles. The maximum absolute atomic E-state index is 12.8. The van der Waals surface area contributed by atoms with Gasteiger partial charge in [0.15, 0.2) is 5.03 Å². The Bertz CT molecular complexity index is 654. The Labute approximate surface area is 104 Å². The van der Waals surface area contributed by atoms with Crippen LogP contribution in [0, 0.1) is 5.82 Å². The summed E-state index contributed by atoms with van der Waals surface area (Å²) in [6.45, 7) is 0.231. The van der Waals surface area contributed by atoms with Crippen LogP contribution in [0.1, 0.15) is 5.56 Å². The van der Waals surface area contributed by atoms with Crippen molar-refractivity contribution in [3.05, 3.63) is 54.0 Å². The smallest absolute Gasteiger partial charge is 0.223 e. The van der Waals surface area contributed by atoms with Crippen molar-refractivity contribution >= 4 is 9.84 Å². The number of hydrogen-bond donors (Lipinski definition) is 1. The molecule has 0 aliphatic rings. The van der Waals surface area contributed by atoms with Crippen molar-refractivity contribution in [2.45, 2.75) is 16.5 Å². The first-order chi connectivity index (χ1) is 8.54. The molecule has 1 heterocycles. The fourth-order valence-electron chi connectivity index (χ4n) is 1.46. The zero-order valence-electron chi connectivity index (χ0n) is 9.38. The Kier molecular flexibility index (Phi) is 3.40. The van der Waals surface area contributed by atoms with E-state index in [1.807, 2.05) is 0 Å². The lowest BCUT2D eigenvalue weighted by Crippen LogP contribution is -2.06. The monoisotopic (exact) mass is 266 g/mol. The summed E-state index contributed by atoms with van der Waals surface area (Å²) in [5.41, 5.74) is 6.12. The van der Waals surface area contributed by atoms with Crippen LogP contribution < -0.4 is 5.73 Å². The third-order valence-corrected chi connectivity index (χ3v) is 4.10. The molecular weight excluding hydrogens is 255 g/mol. The molecule has 1 aromatic heterocycles. The largest absolute Gasteiger partial charge is 0.326 e. The molecular formula is C12H11FN2O2S. The third-order valence-electron chi connectivity index (χ3n) is 2.43. The average Bonchev–Trinajstić information content (AvgIpc) is 2.39. The predicted molar refractivity (Wildman–Crippen MR) is 64.0 cm³/mol. The van der Waals surface area contributed by atoms with Gasteiger partial charge in [-0.1, -0.05) is 0 Å². The van der Waals surface area contributed by atoms with E-state index in [-0.39, 0.29) is 16.5 Å². The molecule has 18 heavy (non-hydrogen) atoms. The Morgan fingerprint density at radius 2 is 1.83 bits per heavy atom. The molecule has 0 bridgehead atoms. The van der Waals surface area contributed by atoms with E-state index >= 15 is 0 Å². The van der Waals surface area contributed by atoms with Gasteiger partial charge < -0.3 is 5.73 Å². The van der Waals surface area contributed by atoms with Crippen LogP contribution >= 0.6 is 0 Å². The van der Waals surface area contributed by atoms with E-state index in [1.165, 1.54) is 24.4 Å². The van der Waals surface area contributed by atoms with Crippen LogP contribution in [0.5, 0.6) is 0 Å². The Hall–Kier alpha value is -1.79. The molecule has 0 amide bonds. The van der Waals surface area contributed by atoms with E-state index in [0.717, 1.165) is 12.1 Å². The molecule has 0 atom stereocenters. The molecule has 1 aromatic carbocycles. The first kappa shape index (κ1) is 12.7. The number of benzene rings is 1. The Morgan fingerprint density at radius 3 is 2.44 bits per heavy atom. The highest BCUT2D eigenvalue weighted by atomic mass is 32.2. The van der Waals surface area contributed by atoms with E-state index in [9.17, 15) is 12.8 Å². The van der Waals surface area contributed by atoms with Crippen molar-refractivity contribution in [1.82, 2.24) is 4.98 Å². The lowest BCUT2D eigenvalue weighted by Gasteiger charge is -2.05. The number of sulfone groups is 1. The molecule has 6 heteroatoms. The zero-order chi connectivity index (χ0) is 13.2. The summed E-state index contributed by atoms with van der Waals surface area (Å²) < 4.78 is 37.1. The first-order valence-electron chi connectivity index (χ1n) is 5.19. The maximum atomic E-state index is 12.8. The van der Waals surface area contributed by atoms with Gasteiger partial charge in [-0.3, -0.25) is 0 Å². The minimum atomic E-state index is -3.72. The highest BCUT2D eigenvalue weighted by Gasteiger charge is 2.19. The van der Waals surface area contributed by atoms with Crippen LogP contribution in [0.25, 0.3) is 0 Å². The third kappa shape index (κ3) is 2.39. The number of hydrogen-bond acceptors (Lipinski definition) is 4. The van der Waals surface area contributed by atoms with Crippen LogP contribution in [-0.2, 0) is 16.4 Å². The van der Waals surface area contributed by atoms with E-state index in [0.29, 0.717) is 5.56 Å². The molecule has 0 unspecified atom stereocenters. The number of nitrogens with zero attached hydrogens (tertiary/aromatic N) is 1. The van der Waals surface area contributed by atoms with Crippen molar-refractivity contribution in [3.8, 4) is 0 Å². The summed E-state index contributed by atoms with van der Waals surface area (Å²) in [6, 6.07) is 7.67. The van der Waals surface area contributed by atoms with Gasteiger partial charge in [0.25, 0.3) is 0 Å². The van der Waals surface area contributed by atoms with Gasteiger partial charge in [-0.2, -0.15) is 0 Å². The highest BCUT2D eigenvalue weighted by Crippen LogP contribution is 2.19. The van der Waals surface area contributed by atoms with Crippen LogP contribution in [-0.4, -0.2) is 13.4 Å². The second kappa shape index (κ2) is 4.83. The van der Waals surface area contributed by atoms with E-state index in [2.05, 4.69) is 4.98 Å². The summed E-state index contributed by atoms with van der Waals surface area (Å²) in [7, 11) is -3.72. The van der Waals surface area contributed by atoms with E-state index in [4.69, 9.17) is 5.73 Å². The number of nitrogens with two attached hydrogens (primary N) is 1. The fourth-order valence-corrected chi connectivity index (χ4v) is 2.70. The van der Waals surface area contributed by atoms with Gasteiger partial charge >= 0.3 is 0 Å². The number of aromatic nitrogens is 1. The zero-order valence-corrected chi connectivity index (χ0v) is 10.2. The lowest BCUT2D eigenvalue weighted by atomic mass is 10.3. The van der Waals surface area contributed by atoms with Gasteiger partial charge in [-0.25, -0.2) is 17.8 Å². The van der Waals surface area contributed by atoms with Crippen LogP contribution in [0.3, 0.4) is 0 Å². The SMILES string of the molecule is NCc1ccnc(S(=O)(=O)c2ccc(F)cc2)c1. The van der Waals surface area contributed by atoms with Gasteiger partial charge in [-0.15, -0.1) is 0 Å². The van der Waals surface area contributed by atoms with Gasteiger partial charge in [0.05, 0.1) is 4.90 Å². The standard InChI is InChI=1S/C12H11FN2O2S/c13-10-1-3-11(4-2-10)18(16,17)12-7-9(8-14)5-6-15-12/h1-7H,8,14H2. The average molecular weight is 266 g/mol. The quantitative estimate of drug-likeness (QED) is 0.855. The number of pyridine rings is 1. The molecule has 94 valence electrons. The van der Waals surface area contributed by atoms with Crippen molar-refractivity contribution in [1.29, 1.82) is 0 Å². The Morgan fingerprint density at radius 1 is 1.17 bits per heavy atom. The van der Waals surface area contributed by atoms with Crippen LogP contribution in [0.15, 0.2) is 52.5 Å². The summed E-state index contributed by atoms with van der Waals surface area (Å²) in [6.07, 6.45) is 1.39.